The van der Waals surface area contributed by atoms with Crippen LogP contribution in [0.3, 0.4) is 0 Å². The van der Waals surface area contributed by atoms with Crippen LogP contribution in [0.15, 0.2) is 18.2 Å². The molecule has 0 aliphatic carbocycles. The lowest BCUT2D eigenvalue weighted by atomic mass is 10.2. The molecule has 2 rings (SSSR count). The van der Waals surface area contributed by atoms with Gasteiger partial charge in [-0.1, -0.05) is 6.07 Å². The normalized spacial score (nSPS) is 11.0. The van der Waals surface area contributed by atoms with Crippen molar-refractivity contribution in [2.45, 2.75) is 12.8 Å². The van der Waals surface area contributed by atoms with E-state index in [9.17, 15) is 0 Å². The molecule has 0 aliphatic heterocycles. The van der Waals surface area contributed by atoms with Gasteiger partial charge in [-0.2, -0.15) is 0 Å². The number of hydrogen-bond donors (Lipinski definition) is 0. The standard InChI is InChI=1S/C10H11ClN2/c1-7-3-4-8-9(5-7)13(2)10(6-11)12-8/h3-5H,6H2,1-2H3. The van der Waals surface area contributed by atoms with E-state index in [0.29, 0.717) is 5.88 Å². The minimum absolute atomic E-state index is 0.463. The van der Waals surface area contributed by atoms with Crippen molar-refractivity contribution in [3.05, 3.63) is 29.6 Å². The van der Waals surface area contributed by atoms with Crippen molar-refractivity contribution in [3.63, 3.8) is 0 Å². The quantitative estimate of drug-likeness (QED) is 0.639. The summed E-state index contributed by atoms with van der Waals surface area (Å²) in [6.07, 6.45) is 0. The summed E-state index contributed by atoms with van der Waals surface area (Å²) < 4.78 is 2.04. The summed E-state index contributed by atoms with van der Waals surface area (Å²) in [6.45, 7) is 2.08. The van der Waals surface area contributed by atoms with E-state index in [0.717, 1.165) is 16.9 Å². The molecule has 1 heterocycles. The van der Waals surface area contributed by atoms with Crippen LogP contribution in [-0.2, 0) is 12.9 Å². The minimum atomic E-state index is 0.463. The fraction of sp³-hybridized carbons (Fsp3) is 0.300. The second-order valence-corrected chi connectivity index (χ2v) is 3.48. The lowest BCUT2D eigenvalue weighted by molar-refractivity contribution is 0.873. The number of aryl methyl sites for hydroxylation is 2. The van der Waals surface area contributed by atoms with Gasteiger partial charge >= 0.3 is 0 Å². The SMILES string of the molecule is Cc1ccc2nc(CCl)n(C)c2c1. The van der Waals surface area contributed by atoms with Gasteiger partial charge < -0.3 is 4.57 Å². The van der Waals surface area contributed by atoms with Crippen LogP contribution in [0, 0.1) is 6.92 Å². The van der Waals surface area contributed by atoms with Gasteiger partial charge in [0.1, 0.15) is 5.82 Å². The molecule has 68 valence electrons. The van der Waals surface area contributed by atoms with Gasteiger partial charge in [0, 0.05) is 7.05 Å². The molecule has 0 fully saturated rings. The van der Waals surface area contributed by atoms with Gasteiger partial charge in [-0.3, -0.25) is 0 Å². The van der Waals surface area contributed by atoms with Crippen LogP contribution < -0.4 is 0 Å². The van der Waals surface area contributed by atoms with Crippen molar-refractivity contribution in [2.24, 2.45) is 7.05 Å². The van der Waals surface area contributed by atoms with E-state index >= 15 is 0 Å². The zero-order valence-electron chi connectivity index (χ0n) is 7.71. The number of imidazole rings is 1. The fourth-order valence-corrected chi connectivity index (χ4v) is 1.71. The molecule has 0 amide bonds. The van der Waals surface area contributed by atoms with Crippen molar-refractivity contribution in [1.82, 2.24) is 9.55 Å². The number of nitrogens with zero attached hydrogens (tertiary/aromatic N) is 2. The Morgan fingerprint density at radius 2 is 2.23 bits per heavy atom. The largest absolute Gasteiger partial charge is 0.330 e. The molecule has 1 aromatic heterocycles. The summed E-state index contributed by atoms with van der Waals surface area (Å²) in [6, 6.07) is 6.21. The second-order valence-electron chi connectivity index (χ2n) is 3.21. The van der Waals surface area contributed by atoms with Crippen LogP contribution in [0.25, 0.3) is 11.0 Å². The molecular formula is C10H11ClN2. The van der Waals surface area contributed by atoms with Crippen molar-refractivity contribution in [3.8, 4) is 0 Å². The van der Waals surface area contributed by atoms with Crippen molar-refractivity contribution < 1.29 is 0 Å². The summed E-state index contributed by atoms with van der Waals surface area (Å²) in [4.78, 5) is 4.40. The van der Waals surface area contributed by atoms with Crippen LogP contribution in [0.4, 0.5) is 0 Å². The highest BCUT2D eigenvalue weighted by atomic mass is 35.5. The number of hydrogen-bond acceptors (Lipinski definition) is 1. The minimum Gasteiger partial charge on any atom is -0.330 e. The molecule has 2 nitrogen and oxygen atoms in total. The van der Waals surface area contributed by atoms with Crippen LogP contribution in [0.5, 0.6) is 0 Å². The Balaban J connectivity index is 2.77. The first-order chi connectivity index (χ1) is 6.22. The van der Waals surface area contributed by atoms with E-state index < -0.39 is 0 Å². The van der Waals surface area contributed by atoms with E-state index in [2.05, 4.69) is 24.0 Å². The molecule has 1 aromatic carbocycles. The third-order valence-electron chi connectivity index (χ3n) is 2.25. The molecule has 0 saturated carbocycles. The first kappa shape index (κ1) is 8.57. The number of alkyl halides is 1. The number of rotatable bonds is 1. The smallest absolute Gasteiger partial charge is 0.124 e. The zero-order valence-corrected chi connectivity index (χ0v) is 8.47. The summed E-state index contributed by atoms with van der Waals surface area (Å²) in [5, 5.41) is 0. The van der Waals surface area contributed by atoms with E-state index in [-0.39, 0.29) is 0 Å². The molecule has 0 atom stereocenters. The maximum Gasteiger partial charge on any atom is 0.124 e. The average Bonchev–Trinajstić information content (AvgIpc) is 2.44. The van der Waals surface area contributed by atoms with Gasteiger partial charge in [0.25, 0.3) is 0 Å². The summed E-state index contributed by atoms with van der Waals surface area (Å²) in [5.41, 5.74) is 3.41. The Morgan fingerprint density at radius 3 is 2.92 bits per heavy atom. The molecule has 0 radical (unpaired) electrons. The summed E-state index contributed by atoms with van der Waals surface area (Å²) in [7, 11) is 1.99. The van der Waals surface area contributed by atoms with Gasteiger partial charge in [-0.05, 0) is 24.6 Å². The maximum absolute atomic E-state index is 5.76. The Bertz CT molecular complexity index is 445. The second kappa shape index (κ2) is 3.04. The predicted octanol–water partition coefficient (Wildman–Crippen LogP) is 2.62. The average molecular weight is 195 g/mol. The van der Waals surface area contributed by atoms with Crippen molar-refractivity contribution >= 4 is 22.6 Å². The molecule has 0 spiro atoms. The Hall–Kier alpha value is -1.02. The van der Waals surface area contributed by atoms with E-state index in [4.69, 9.17) is 11.6 Å². The molecule has 3 heteroatoms. The molecule has 0 unspecified atom stereocenters. The molecule has 0 saturated heterocycles. The van der Waals surface area contributed by atoms with Crippen molar-refractivity contribution in [1.29, 1.82) is 0 Å². The molecule has 0 N–H and O–H groups in total. The first-order valence-corrected chi connectivity index (χ1v) is 4.74. The van der Waals surface area contributed by atoms with Crippen LogP contribution in [0.2, 0.25) is 0 Å². The van der Waals surface area contributed by atoms with Crippen LogP contribution in [-0.4, -0.2) is 9.55 Å². The lowest BCUT2D eigenvalue weighted by Gasteiger charge is -1.97. The van der Waals surface area contributed by atoms with E-state index in [1.807, 2.05) is 17.7 Å². The summed E-state index contributed by atoms with van der Waals surface area (Å²) in [5.74, 6) is 1.38. The third kappa shape index (κ3) is 1.31. The topological polar surface area (TPSA) is 17.8 Å². The number of fused-ring (bicyclic) bond motifs is 1. The molecule has 2 aromatic rings. The Labute approximate surface area is 82.1 Å². The van der Waals surface area contributed by atoms with E-state index in [1.165, 1.54) is 5.56 Å². The lowest BCUT2D eigenvalue weighted by Crippen LogP contribution is -1.93. The Morgan fingerprint density at radius 1 is 1.46 bits per heavy atom. The monoisotopic (exact) mass is 194 g/mol. The van der Waals surface area contributed by atoms with E-state index in [1.54, 1.807) is 0 Å². The van der Waals surface area contributed by atoms with Gasteiger partial charge in [0.15, 0.2) is 0 Å². The van der Waals surface area contributed by atoms with Crippen LogP contribution in [0.1, 0.15) is 11.4 Å². The maximum atomic E-state index is 5.76. The number of benzene rings is 1. The van der Waals surface area contributed by atoms with Gasteiger partial charge in [-0.25, -0.2) is 4.98 Å². The number of aromatic nitrogens is 2. The van der Waals surface area contributed by atoms with Gasteiger partial charge in [0.05, 0.1) is 16.9 Å². The molecule has 0 bridgehead atoms. The molecule has 13 heavy (non-hydrogen) atoms. The Kier molecular flexibility index (Phi) is 2.00. The highest BCUT2D eigenvalue weighted by Gasteiger charge is 2.05. The van der Waals surface area contributed by atoms with Gasteiger partial charge in [-0.15, -0.1) is 11.6 Å². The highest BCUT2D eigenvalue weighted by Crippen LogP contribution is 2.17. The molecule has 0 aliphatic rings. The fourth-order valence-electron chi connectivity index (χ4n) is 1.47. The highest BCUT2D eigenvalue weighted by molar-refractivity contribution is 6.16. The number of halogens is 1. The summed E-state index contributed by atoms with van der Waals surface area (Å²) >= 11 is 5.76. The third-order valence-corrected chi connectivity index (χ3v) is 2.49. The first-order valence-electron chi connectivity index (χ1n) is 4.20. The zero-order chi connectivity index (χ0) is 9.42. The van der Waals surface area contributed by atoms with Gasteiger partial charge in [0.2, 0.25) is 0 Å². The van der Waals surface area contributed by atoms with Crippen molar-refractivity contribution in [2.75, 3.05) is 0 Å². The predicted molar refractivity (Wildman–Crippen MR) is 55.0 cm³/mol. The van der Waals surface area contributed by atoms with Crippen LogP contribution >= 0.6 is 11.6 Å². The molecular weight excluding hydrogens is 184 g/mol.